The number of benzene rings is 1. The first-order valence-corrected chi connectivity index (χ1v) is 9.02. The zero-order chi connectivity index (χ0) is 21.8. The Bertz CT molecular complexity index is 1240. The van der Waals surface area contributed by atoms with Crippen LogP contribution in [0.15, 0.2) is 39.2 Å². The molecule has 0 saturated carbocycles. The Hall–Kier alpha value is -3.60. The van der Waals surface area contributed by atoms with E-state index in [1.807, 2.05) is 0 Å². The number of hydrogen-bond donors (Lipinski definition) is 1. The maximum Gasteiger partial charge on any atom is 0.332 e. The fraction of sp³-hybridized carbons (Fsp3) is 0.316. The number of aromatic nitrogens is 4. The topological polar surface area (TPSA) is 122 Å². The van der Waals surface area contributed by atoms with Crippen molar-refractivity contribution in [3.8, 4) is 11.5 Å². The van der Waals surface area contributed by atoms with E-state index in [0.717, 1.165) is 4.57 Å². The molecule has 2 heterocycles. The standard InChI is InChI=1S/C19H22N6O5.ClH/c1-23-17-15(18(27)24(2)19(23)28)25(11-20-17)9-8-14(26)22-21-10-12-6-5-7-13(29-3)16(12)30-4;/h5-7,10-11H,8-9H2,1-4H3,(H,22,26);1H. The quantitative estimate of drug-likeness (QED) is 0.411. The van der Waals surface area contributed by atoms with Gasteiger partial charge in [0.2, 0.25) is 5.91 Å². The van der Waals surface area contributed by atoms with Crippen LogP contribution in [0, 0.1) is 0 Å². The number of rotatable bonds is 7. The first-order chi connectivity index (χ1) is 14.4. The van der Waals surface area contributed by atoms with Crippen LogP contribution in [-0.2, 0) is 25.4 Å². The highest BCUT2D eigenvalue weighted by atomic mass is 35.5. The number of nitrogens with zero attached hydrogens (tertiary/aromatic N) is 5. The van der Waals surface area contributed by atoms with E-state index in [-0.39, 0.29) is 42.4 Å². The van der Waals surface area contributed by atoms with E-state index in [1.54, 1.807) is 22.8 Å². The maximum absolute atomic E-state index is 12.4. The number of hydrogen-bond acceptors (Lipinski definition) is 7. The SMILES string of the molecule is COc1cccc(C=NNC(=O)CCn2cnc3c2c(=O)n(C)c(=O)n3C)c1OC.Cl. The molecule has 31 heavy (non-hydrogen) atoms. The Labute approximate surface area is 183 Å². The molecule has 1 N–H and O–H groups in total. The second kappa shape index (κ2) is 9.94. The van der Waals surface area contributed by atoms with Gasteiger partial charge in [0.1, 0.15) is 0 Å². The van der Waals surface area contributed by atoms with E-state index < -0.39 is 11.2 Å². The number of fused-ring (bicyclic) bond motifs is 1. The molecule has 0 atom stereocenters. The van der Waals surface area contributed by atoms with Crippen LogP contribution < -0.4 is 26.1 Å². The van der Waals surface area contributed by atoms with Gasteiger partial charge in [0, 0.05) is 32.6 Å². The molecule has 3 aromatic rings. The van der Waals surface area contributed by atoms with Crippen molar-refractivity contribution in [1.29, 1.82) is 0 Å². The predicted octanol–water partition coefficient (Wildman–Crippen LogP) is 0.413. The van der Waals surface area contributed by atoms with Crippen molar-refractivity contribution in [2.24, 2.45) is 19.2 Å². The summed E-state index contributed by atoms with van der Waals surface area (Å²) in [4.78, 5) is 40.7. The number of para-hydroxylation sites is 1. The number of carbonyl (C=O) groups excluding carboxylic acids is 1. The molecule has 0 aliphatic rings. The van der Waals surface area contributed by atoms with Crippen LogP contribution in [0.25, 0.3) is 11.2 Å². The van der Waals surface area contributed by atoms with Gasteiger partial charge in [-0.25, -0.2) is 15.2 Å². The molecule has 3 rings (SSSR count). The van der Waals surface area contributed by atoms with Crippen LogP contribution in [0.3, 0.4) is 0 Å². The lowest BCUT2D eigenvalue weighted by molar-refractivity contribution is -0.121. The van der Waals surface area contributed by atoms with Gasteiger partial charge in [0.25, 0.3) is 5.56 Å². The van der Waals surface area contributed by atoms with Gasteiger partial charge in [0.05, 0.1) is 26.8 Å². The molecule has 0 aliphatic carbocycles. The normalized spacial score (nSPS) is 10.8. The highest BCUT2D eigenvalue weighted by Crippen LogP contribution is 2.29. The van der Waals surface area contributed by atoms with E-state index in [0.29, 0.717) is 17.1 Å². The molecular formula is C19H23ClN6O5. The summed E-state index contributed by atoms with van der Waals surface area (Å²) >= 11 is 0. The number of nitrogens with one attached hydrogen (secondary N) is 1. The molecule has 0 unspecified atom stereocenters. The Balaban J connectivity index is 0.00000341. The van der Waals surface area contributed by atoms with Crippen molar-refractivity contribution in [3.63, 3.8) is 0 Å². The molecule has 11 nitrogen and oxygen atoms in total. The largest absolute Gasteiger partial charge is 0.493 e. The summed E-state index contributed by atoms with van der Waals surface area (Å²) < 4.78 is 14.4. The minimum atomic E-state index is -0.464. The average Bonchev–Trinajstić information content (AvgIpc) is 3.18. The van der Waals surface area contributed by atoms with Crippen LogP contribution in [0.5, 0.6) is 11.5 Å². The molecule has 166 valence electrons. The van der Waals surface area contributed by atoms with E-state index in [1.165, 1.54) is 45.4 Å². The average molecular weight is 451 g/mol. The first-order valence-electron chi connectivity index (χ1n) is 9.02. The van der Waals surface area contributed by atoms with Crippen LogP contribution >= 0.6 is 12.4 Å². The predicted molar refractivity (Wildman–Crippen MR) is 117 cm³/mol. The van der Waals surface area contributed by atoms with Crippen LogP contribution in [-0.4, -0.2) is 45.0 Å². The second-order valence-electron chi connectivity index (χ2n) is 6.44. The Kier molecular flexibility index (Phi) is 7.59. The molecular weight excluding hydrogens is 428 g/mol. The molecule has 0 spiro atoms. The number of carbonyl (C=O) groups is 1. The zero-order valence-electron chi connectivity index (χ0n) is 17.5. The van der Waals surface area contributed by atoms with Gasteiger partial charge in [-0.1, -0.05) is 6.07 Å². The van der Waals surface area contributed by atoms with Gasteiger partial charge in [-0.2, -0.15) is 5.10 Å². The fourth-order valence-electron chi connectivity index (χ4n) is 3.03. The molecule has 1 amide bonds. The smallest absolute Gasteiger partial charge is 0.332 e. The summed E-state index contributed by atoms with van der Waals surface area (Å²) in [6.45, 7) is 0.202. The number of amides is 1. The number of halogens is 1. The van der Waals surface area contributed by atoms with E-state index >= 15 is 0 Å². The number of imidazole rings is 1. The number of methoxy groups -OCH3 is 2. The minimum Gasteiger partial charge on any atom is -0.493 e. The highest BCUT2D eigenvalue weighted by Gasteiger charge is 2.14. The van der Waals surface area contributed by atoms with Crippen molar-refractivity contribution in [2.75, 3.05) is 14.2 Å². The maximum atomic E-state index is 12.4. The van der Waals surface area contributed by atoms with E-state index in [9.17, 15) is 14.4 Å². The van der Waals surface area contributed by atoms with E-state index in [4.69, 9.17) is 9.47 Å². The Morgan fingerprint density at radius 3 is 2.61 bits per heavy atom. The van der Waals surface area contributed by atoms with Crippen LogP contribution in [0.2, 0.25) is 0 Å². The number of aryl methyl sites for hydroxylation is 2. The molecule has 2 aromatic heterocycles. The molecule has 0 bridgehead atoms. The van der Waals surface area contributed by atoms with Gasteiger partial charge in [-0.3, -0.25) is 18.7 Å². The van der Waals surface area contributed by atoms with Gasteiger partial charge in [0.15, 0.2) is 22.7 Å². The number of hydrazone groups is 1. The zero-order valence-corrected chi connectivity index (χ0v) is 18.3. The molecule has 0 aliphatic heterocycles. The third kappa shape index (κ3) is 4.61. The third-order valence-electron chi connectivity index (χ3n) is 4.62. The van der Waals surface area contributed by atoms with Crippen molar-refractivity contribution in [1.82, 2.24) is 24.1 Å². The van der Waals surface area contributed by atoms with Gasteiger partial charge >= 0.3 is 5.69 Å². The van der Waals surface area contributed by atoms with Gasteiger partial charge in [-0.05, 0) is 12.1 Å². The lowest BCUT2D eigenvalue weighted by atomic mass is 10.2. The van der Waals surface area contributed by atoms with Crippen LogP contribution in [0.4, 0.5) is 0 Å². The second-order valence-corrected chi connectivity index (χ2v) is 6.44. The summed E-state index contributed by atoms with van der Waals surface area (Å²) in [5, 5.41) is 3.95. The van der Waals surface area contributed by atoms with Crippen LogP contribution in [0.1, 0.15) is 12.0 Å². The molecule has 12 heteroatoms. The van der Waals surface area contributed by atoms with Crippen molar-refractivity contribution < 1.29 is 14.3 Å². The summed E-state index contributed by atoms with van der Waals surface area (Å²) in [6, 6.07) is 5.31. The van der Waals surface area contributed by atoms with E-state index in [2.05, 4.69) is 15.5 Å². The van der Waals surface area contributed by atoms with Crippen molar-refractivity contribution in [3.05, 3.63) is 50.9 Å². The molecule has 0 fully saturated rings. The lowest BCUT2D eigenvalue weighted by Gasteiger charge is -2.09. The van der Waals surface area contributed by atoms with Crippen molar-refractivity contribution >= 4 is 35.7 Å². The Morgan fingerprint density at radius 1 is 1.19 bits per heavy atom. The molecule has 0 radical (unpaired) electrons. The summed E-state index contributed by atoms with van der Waals surface area (Å²) in [5.74, 6) is 0.705. The monoisotopic (exact) mass is 450 g/mol. The highest BCUT2D eigenvalue weighted by molar-refractivity contribution is 5.86. The summed E-state index contributed by atoms with van der Waals surface area (Å²) in [5.41, 5.74) is 2.69. The van der Waals surface area contributed by atoms with Gasteiger partial charge in [-0.15, -0.1) is 12.4 Å². The third-order valence-corrected chi connectivity index (χ3v) is 4.62. The fourth-order valence-corrected chi connectivity index (χ4v) is 3.03. The minimum absolute atomic E-state index is 0. The summed E-state index contributed by atoms with van der Waals surface area (Å²) in [6.07, 6.45) is 2.95. The Morgan fingerprint density at radius 2 is 1.94 bits per heavy atom. The molecule has 0 saturated heterocycles. The summed E-state index contributed by atoms with van der Waals surface area (Å²) in [7, 11) is 5.99. The molecule has 1 aromatic carbocycles. The number of ether oxygens (including phenoxy) is 2. The van der Waals surface area contributed by atoms with Crippen molar-refractivity contribution in [2.45, 2.75) is 13.0 Å². The van der Waals surface area contributed by atoms with Gasteiger partial charge < -0.3 is 14.0 Å². The first kappa shape index (κ1) is 23.7. The lowest BCUT2D eigenvalue weighted by Crippen LogP contribution is -2.37.